The molecule has 0 aliphatic rings. The van der Waals surface area contributed by atoms with E-state index in [0.29, 0.717) is 21.1 Å². The van der Waals surface area contributed by atoms with Crippen molar-refractivity contribution in [3.8, 4) is 0 Å². The highest BCUT2D eigenvalue weighted by Crippen LogP contribution is 2.35. The number of aromatic nitrogens is 2. The number of H-pyrrole nitrogens is 1. The summed E-state index contributed by atoms with van der Waals surface area (Å²) >= 11 is 7.42. The number of nitrogens with zero attached hydrogens (tertiary/aromatic N) is 1. The predicted octanol–water partition coefficient (Wildman–Crippen LogP) is 4.30. The van der Waals surface area contributed by atoms with E-state index in [1.54, 1.807) is 13.8 Å². The molecule has 0 saturated heterocycles. The Kier molecular flexibility index (Phi) is 7.57. The summed E-state index contributed by atoms with van der Waals surface area (Å²) < 4.78 is 11.2. The fraction of sp³-hybridized carbons (Fsp3) is 0.375. The van der Waals surface area contributed by atoms with Gasteiger partial charge in [-0.25, -0.2) is 9.59 Å². The smallest absolute Gasteiger partial charge is 0.348 e. The minimum absolute atomic E-state index is 0.0958. The van der Waals surface area contributed by atoms with E-state index in [-0.39, 0.29) is 34.3 Å². The standard InChI is InChI=1S/C16H17Br2N3O5S/c1-4-6-26-15(23)8-7(3)11(16(24)25-5-2)27-14(8)19-13(22)10-9(17)12(18)21-20-10/h4-6H2,1-3H3,(H,19,22)(H,20,21). The zero-order valence-electron chi connectivity index (χ0n) is 14.8. The Morgan fingerprint density at radius 3 is 2.44 bits per heavy atom. The molecule has 2 aromatic rings. The van der Waals surface area contributed by atoms with Crippen LogP contribution in [0.3, 0.4) is 0 Å². The summed E-state index contributed by atoms with van der Waals surface area (Å²) in [6.45, 7) is 5.60. The molecule has 0 fully saturated rings. The van der Waals surface area contributed by atoms with Gasteiger partial charge in [-0.05, 0) is 57.7 Å². The van der Waals surface area contributed by atoms with Gasteiger partial charge in [0.1, 0.15) is 14.5 Å². The summed E-state index contributed by atoms with van der Waals surface area (Å²) in [7, 11) is 0. The number of carbonyl (C=O) groups excluding carboxylic acids is 3. The molecule has 0 unspecified atom stereocenters. The maximum absolute atomic E-state index is 12.5. The van der Waals surface area contributed by atoms with Gasteiger partial charge in [0.25, 0.3) is 5.91 Å². The van der Waals surface area contributed by atoms with E-state index < -0.39 is 17.8 Å². The van der Waals surface area contributed by atoms with Crippen molar-refractivity contribution >= 4 is 66.0 Å². The van der Waals surface area contributed by atoms with Crippen molar-refractivity contribution in [2.75, 3.05) is 18.5 Å². The first-order valence-electron chi connectivity index (χ1n) is 8.00. The normalized spacial score (nSPS) is 10.6. The van der Waals surface area contributed by atoms with Crippen molar-refractivity contribution in [3.63, 3.8) is 0 Å². The molecule has 0 atom stereocenters. The van der Waals surface area contributed by atoms with Gasteiger partial charge in [0.2, 0.25) is 0 Å². The second-order valence-electron chi connectivity index (χ2n) is 5.27. The number of halogens is 2. The summed E-state index contributed by atoms with van der Waals surface area (Å²) in [5, 5.41) is 9.35. The van der Waals surface area contributed by atoms with Gasteiger partial charge in [0.05, 0.1) is 23.2 Å². The van der Waals surface area contributed by atoms with Crippen LogP contribution in [0.15, 0.2) is 9.08 Å². The van der Waals surface area contributed by atoms with Gasteiger partial charge in [-0.3, -0.25) is 9.89 Å². The highest BCUT2D eigenvalue weighted by Gasteiger charge is 2.28. The summed E-state index contributed by atoms with van der Waals surface area (Å²) in [5.74, 6) is -1.72. The average molecular weight is 523 g/mol. The molecule has 0 aliphatic heterocycles. The van der Waals surface area contributed by atoms with Crippen molar-refractivity contribution in [2.24, 2.45) is 0 Å². The Balaban J connectivity index is 2.41. The molecule has 2 N–H and O–H groups in total. The van der Waals surface area contributed by atoms with Crippen LogP contribution in [-0.4, -0.2) is 41.3 Å². The van der Waals surface area contributed by atoms with E-state index in [9.17, 15) is 14.4 Å². The number of hydrogen-bond donors (Lipinski definition) is 2. The van der Waals surface area contributed by atoms with Gasteiger partial charge in [0.15, 0.2) is 5.69 Å². The van der Waals surface area contributed by atoms with Crippen molar-refractivity contribution in [1.82, 2.24) is 10.2 Å². The monoisotopic (exact) mass is 521 g/mol. The highest BCUT2D eigenvalue weighted by molar-refractivity contribution is 9.13. The molecule has 8 nitrogen and oxygen atoms in total. The summed E-state index contributed by atoms with van der Waals surface area (Å²) in [6.07, 6.45) is 0.648. The lowest BCUT2D eigenvalue weighted by molar-refractivity contribution is 0.0506. The molecule has 2 rings (SSSR count). The Labute approximate surface area is 176 Å². The van der Waals surface area contributed by atoms with Crippen LogP contribution < -0.4 is 5.32 Å². The largest absolute Gasteiger partial charge is 0.462 e. The third-order valence-electron chi connectivity index (χ3n) is 3.36. The van der Waals surface area contributed by atoms with Crippen LogP contribution in [0.4, 0.5) is 5.00 Å². The van der Waals surface area contributed by atoms with Crippen LogP contribution >= 0.6 is 43.2 Å². The highest BCUT2D eigenvalue weighted by atomic mass is 79.9. The molecular weight excluding hydrogens is 506 g/mol. The second-order valence-corrected chi connectivity index (χ2v) is 7.88. The molecule has 0 spiro atoms. The Hall–Kier alpha value is -1.72. The minimum Gasteiger partial charge on any atom is -0.462 e. The SMILES string of the molecule is CCCOC(=O)c1c(NC(=O)c2n[nH]c(Br)c2Br)sc(C(=O)OCC)c1C. The number of anilines is 1. The lowest BCUT2D eigenvalue weighted by Crippen LogP contribution is -2.16. The molecule has 27 heavy (non-hydrogen) atoms. The summed E-state index contributed by atoms with van der Waals surface area (Å²) in [4.78, 5) is 37.4. The van der Waals surface area contributed by atoms with Crippen LogP contribution in [0.1, 0.15) is 56.3 Å². The van der Waals surface area contributed by atoms with Gasteiger partial charge in [-0.2, -0.15) is 5.10 Å². The Bertz CT molecular complexity index is 878. The molecule has 146 valence electrons. The second kappa shape index (κ2) is 9.47. The zero-order chi connectivity index (χ0) is 20.1. The number of carbonyl (C=O) groups is 3. The number of hydrogen-bond acceptors (Lipinski definition) is 7. The van der Waals surface area contributed by atoms with Gasteiger partial charge >= 0.3 is 11.9 Å². The van der Waals surface area contributed by atoms with Crippen LogP contribution in [0.25, 0.3) is 0 Å². The topological polar surface area (TPSA) is 110 Å². The van der Waals surface area contributed by atoms with E-state index in [0.717, 1.165) is 11.3 Å². The third-order valence-corrected chi connectivity index (χ3v) is 6.42. The zero-order valence-corrected chi connectivity index (χ0v) is 18.8. The Morgan fingerprint density at radius 1 is 1.19 bits per heavy atom. The number of nitrogens with one attached hydrogen (secondary N) is 2. The maximum atomic E-state index is 12.5. The lowest BCUT2D eigenvalue weighted by Gasteiger charge is -2.07. The quantitative estimate of drug-likeness (QED) is 0.524. The van der Waals surface area contributed by atoms with Crippen molar-refractivity contribution in [1.29, 1.82) is 0 Å². The molecule has 1 amide bonds. The average Bonchev–Trinajstić information content (AvgIpc) is 3.13. The van der Waals surface area contributed by atoms with E-state index in [1.165, 1.54) is 0 Å². The van der Waals surface area contributed by atoms with E-state index in [2.05, 4.69) is 47.4 Å². The van der Waals surface area contributed by atoms with E-state index in [4.69, 9.17) is 9.47 Å². The van der Waals surface area contributed by atoms with Crippen molar-refractivity contribution in [3.05, 3.63) is 30.8 Å². The first kappa shape index (κ1) is 21.6. The van der Waals surface area contributed by atoms with Crippen LogP contribution in [-0.2, 0) is 9.47 Å². The summed E-state index contributed by atoms with van der Waals surface area (Å²) in [6, 6.07) is 0. The molecule has 0 bridgehead atoms. The number of ether oxygens (including phenoxy) is 2. The van der Waals surface area contributed by atoms with Gasteiger partial charge in [-0.15, -0.1) is 11.3 Å². The molecule has 11 heteroatoms. The van der Waals surface area contributed by atoms with E-state index in [1.807, 2.05) is 6.92 Å². The molecule has 2 aromatic heterocycles. The number of amides is 1. The van der Waals surface area contributed by atoms with Gasteiger partial charge < -0.3 is 14.8 Å². The number of esters is 2. The van der Waals surface area contributed by atoms with E-state index >= 15 is 0 Å². The lowest BCUT2D eigenvalue weighted by atomic mass is 10.1. The molecule has 0 saturated carbocycles. The fourth-order valence-corrected chi connectivity index (χ4v) is 3.84. The predicted molar refractivity (Wildman–Crippen MR) is 108 cm³/mol. The minimum atomic E-state index is -0.612. The summed E-state index contributed by atoms with van der Waals surface area (Å²) in [5.41, 5.74) is 0.631. The van der Waals surface area contributed by atoms with Crippen molar-refractivity contribution < 1.29 is 23.9 Å². The molecule has 0 aliphatic carbocycles. The number of thiophene rings is 1. The molecular formula is C16H17Br2N3O5S. The van der Waals surface area contributed by atoms with Gasteiger partial charge in [0, 0.05) is 0 Å². The fourth-order valence-electron chi connectivity index (χ4n) is 2.13. The number of rotatable bonds is 7. The van der Waals surface area contributed by atoms with Crippen LogP contribution in [0, 0.1) is 6.92 Å². The number of aromatic amines is 1. The maximum Gasteiger partial charge on any atom is 0.348 e. The first-order chi connectivity index (χ1) is 12.8. The molecule has 2 heterocycles. The first-order valence-corrected chi connectivity index (χ1v) is 10.4. The third kappa shape index (κ3) is 4.77. The molecule has 0 aromatic carbocycles. The van der Waals surface area contributed by atoms with Crippen molar-refractivity contribution in [2.45, 2.75) is 27.2 Å². The van der Waals surface area contributed by atoms with Gasteiger partial charge in [-0.1, -0.05) is 6.92 Å². The van der Waals surface area contributed by atoms with Crippen LogP contribution in [0.2, 0.25) is 0 Å². The Morgan fingerprint density at radius 2 is 1.89 bits per heavy atom. The molecule has 0 radical (unpaired) electrons. The van der Waals surface area contributed by atoms with Crippen LogP contribution in [0.5, 0.6) is 0 Å².